The lowest BCUT2D eigenvalue weighted by Crippen LogP contribution is -2.29. The topological polar surface area (TPSA) is 71.1 Å². The Labute approximate surface area is 107 Å². The van der Waals surface area contributed by atoms with E-state index in [0.29, 0.717) is 26.1 Å². The molecule has 1 saturated heterocycles. The molecule has 0 radical (unpaired) electrons. The molecule has 0 aromatic rings. The van der Waals surface area contributed by atoms with Gasteiger partial charge < -0.3 is 18.9 Å². The van der Waals surface area contributed by atoms with Crippen LogP contribution < -0.4 is 0 Å². The second-order valence-electron chi connectivity index (χ2n) is 4.46. The maximum atomic E-state index is 11.4. The number of hydrogen-bond acceptors (Lipinski definition) is 6. The van der Waals surface area contributed by atoms with Crippen molar-refractivity contribution in [1.29, 1.82) is 0 Å². The maximum absolute atomic E-state index is 11.4. The standard InChI is InChI=1S/C12H20O6/c1-8(2)11(13)16-9(3)17-12(14)18-10-4-6-15-7-5-10/h8-10H,4-7H2,1-3H3. The molecule has 0 N–H and O–H groups in total. The molecule has 0 aliphatic carbocycles. The molecule has 18 heavy (non-hydrogen) atoms. The first-order valence-electron chi connectivity index (χ1n) is 6.14. The number of hydrogen-bond donors (Lipinski definition) is 0. The molecule has 0 bridgehead atoms. The Bertz CT molecular complexity index is 282. The van der Waals surface area contributed by atoms with E-state index in [2.05, 4.69) is 0 Å². The molecule has 1 heterocycles. The van der Waals surface area contributed by atoms with Crippen molar-refractivity contribution in [2.24, 2.45) is 5.92 Å². The molecule has 1 fully saturated rings. The zero-order chi connectivity index (χ0) is 13.5. The summed E-state index contributed by atoms with van der Waals surface area (Å²) in [6, 6.07) is 0. The Morgan fingerprint density at radius 1 is 1.11 bits per heavy atom. The van der Waals surface area contributed by atoms with E-state index in [-0.39, 0.29) is 12.0 Å². The highest BCUT2D eigenvalue weighted by atomic mass is 16.8. The van der Waals surface area contributed by atoms with Gasteiger partial charge in [-0.3, -0.25) is 4.79 Å². The second kappa shape index (κ2) is 7.20. The van der Waals surface area contributed by atoms with Gasteiger partial charge in [0.15, 0.2) is 0 Å². The van der Waals surface area contributed by atoms with Gasteiger partial charge in [-0.05, 0) is 0 Å². The van der Waals surface area contributed by atoms with E-state index < -0.39 is 18.4 Å². The Hall–Kier alpha value is -1.30. The van der Waals surface area contributed by atoms with Gasteiger partial charge in [-0.25, -0.2) is 4.79 Å². The predicted octanol–water partition coefficient (Wildman–Crippen LogP) is 1.86. The Morgan fingerprint density at radius 3 is 2.28 bits per heavy atom. The SMILES string of the molecule is CC(OC(=O)OC1CCOCC1)OC(=O)C(C)C. The van der Waals surface area contributed by atoms with Gasteiger partial charge in [-0.2, -0.15) is 0 Å². The Kier molecular flexibility index (Phi) is 5.91. The van der Waals surface area contributed by atoms with Gasteiger partial charge >= 0.3 is 12.1 Å². The lowest BCUT2D eigenvalue weighted by Gasteiger charge is -2.22. The first-order chi connectivity index (χ1) is 8.49. The molecule has 104 valence electrons. The van der Waals surface area contributed by atoms with Gasteiger partial charge in [-0.15, -0.1) is 0 Å². The zero-order valence-electron chi connectivity index (χ0n) is 11.0. The minimum atomic E-state index is -0.938. The van der Waals surface area contributed by atoms with E-state index >= 15 is 0 Å². The quantitative estimate of drug-likeness (QED) is 0.567. The third-order valence-electron chi connectivity index (χ3n) is 2.45. The molecule has 1 unspecified atom stereocenters. The van der Waals surface area contributed by atoms with Crippen LogP contribution in [0.2, 0.25) is 0 Å². The second-order valence-corrected chi connectivity index (χ2v) is 4.46. The molecule has 0 aromatic heterocycles. The largest absolute Gasteiger partial charge is 0.511 e. The molecule has 0 aromatic carbocycles. The Balaban J connectivity index is 2.24. The van der Waals surface area contributed by atoms with E-state index in [0.717, 1.165) is 0 Å². The van der Waals surface area contributed by atoms with Gasteiger partial charge in [0.1, 0.15) is 6.10 Å². The van der Waals surface area contributed by atoms with Crippen LogP contribution in [-0.2, 0) is 23.7 Å². The fourth-order valence-corrected chi connectivity index (χ4v) is 1.42. The van der Waals surface area contributed by atoms with Gasteiger partial charge in [-0.1, -0.05) is 13.8 Å². The van der Waals surface area contributed by atoms with Crippen molar-refractivity contribution in [2.75, 3.05) is 13.2 Å². The van der Waals surface area contributed by atoms with Gasteiger partial charge in [0, 0.05) is 19.8 Å². The van der Waals surface area contributed by atoms with Gasteiger partial charge in [0.2, 0.25) is 6.29 Å². The van der Waals surface area contributed by atoms with Crippen molar-refractivity contribution in [3.8, 4) is 0 Å². The summed E-state index contributed by atoms with van der Waals surface area (Å²) in [6.45, 7) is 6.04. The lowest BCUT2D eigenvalue weighted by molar-refractivity contribution is -0.173. The van der Waals surface area contributed by atoms with Crippen molar-refractivity contribution in [2.45, 2.75) is 46.0 Å². The normalized spacial score (nSPS) is 18.2. The maximum Gasteiger partial charge on any atom is 0.511 e. The fraction of sp³-hybridized carbons (Fsp3) is 0.833. The first-order valence-corrected chi connectivity index (χ1v) is 6.14. The van der Waals surface area contributed by atoms with E-state index in [1.165, 1.54) is 6.92 Å². The molecule has 6 heteroatoms. The summed E-state index contributed by atoms with van der Waals surface area (Å²) in [4.78, 5) is 22.7. The molecule has 0 spiro atoms. The average Bonchev–Trinajstić information content (AvgIpc) is 2.29. The van der Waals surface area contributed by atoms with E-state index in [9.17, 15) is 9.59 Å². The summed E-state index contributed by atoms with van der Waals surface area (Å²) in [7, 11) is 0. The summed E-state index contributed by atoms with van der Waals surface area (Å²) in [6.07, 6.45) is -0.609. The summed E-state index contributed by atoms with van der Waals surface area (Å²) >= 11 is 0. The molecular weight excluding hydrogens is 240 g/mol. The smallest absolute Gasteiger partial charge is 0.431 e. The highest BCUT2D eigenvalue weighted by Gasteiger charge is 2.22. The molecule has 0 amide bonds. The van der Waals surface area contributed by atoms with Crippen molar-refractivity contribution in [1.82, 2.24) is 0 Å². The number of ether oxygens (including phenoxy) is 4. The van der Waals surface area contributed by atoms with E-state index in [4.69, 9.17) is 18.9 Å². The highest BCUT2D eigenvalue weighted by molar-refractivity contribution is 5.71. The van der Waals surface area contributed by atoms with Crippen LogP contribution in [0.5, 0.6) is 0 Å². The van der Waals surface area contributed by atoms with Crippen molar-refractivity contribution in [3.63, 3.8) is 0 Å². The molecular formula is C12H20O6. The van der Waals surface area contributed by atoms with Crippen LogP contribution in [0, 0.1) is 5.92 Å². The zero-order valence-corrected chi connectivity index (χ0v) is 11.0. The van der Waals surface area contributed by atoms with Crippen molar-refractivity contribution < 1.29 is 28.5 Å². The van der Waals surface area contributed by atoms with Crippen molar-refractivity contribution in [3.05, 3.63) is 0 Å². The van der Waals surface area contributed by atoms with Crippen LogP contribution in [-0.4, -0.2) is 37.7 Å². The first kappa shape index (κ1) is 14.8. The predicted molar refractivity (Wildman–Crippen MR) is 61.8 cm³/mol. The van der Waals surface area contributed by atoms with Crippen LogP contribution in [0.3, 0.4) is 0 Å². The number of carbonyl (C=O) groups excluding carboxylic acids is 2. The molecule has 6 nitrogen and oxygen atoms in total. The van der Waals surface area contributed by atoms with Crippen LogP contribution in [0.4, 0.5) is 4.79 Å². The summed E-state index contributed by atoms with van der Waals surface area (Å²) in [5, 5.41) is 0. The third-order valence-corrected chi connectivity index (χ3v) is 2.45. The fourth-order valence-electron chi connectivity index (χ4n) is 1.42. The van der Waals surface area contributed by atoms with Crippen LogP contribution in [0.25, 0.3) is 0 Å². The lowest BCUT2D eigenvalue weighted by atomic mass is 10.2. The molecule has 1 rings (SSSR count). The van der Waals surface area contributed by atoms with E-state index in [1.807, 2.05) is 0 Å². The highest BCUT2D eigenvalue weighted by Crippen LogP contribution is 2.12. The number of esters is 1. The Morgan fingerprint density at radius 2 is 1.72 bits per heavy atom. The third kappa shape index (κ3) is 5.35. The van der Waals surface area contributed by atoms with Gasteiger partial charge in [0.25, 0.3) is 0 Å². The molecule has 1 atom stereocenters. The molecule has 1 aliphatic heterocycles. The van der Waals surface area contributed by atoms with Crippen LogP contribution in [0.1, 0.15) is 33.6 Å². The number of carbonyl (C=O) groups is 2. The summed E-state index contributed by atoms with van der Waals surface area (Å²) in [5.41, 5.74) is 0. The van der Waals surface area contributed by atoms with E-state index in [1.54, 1.807) is 13.8 Å². The van der Waals surface area contributed by atoms with Crippen LogP contribution >= 0.6 is 0 Å². The minimum Gasteiger partial charge on any atom is -0.431 e. The molecule has 1 aliphatic rings. The minimum absolute atomic E-state index is 0.181. The summed E-state index contributed by atoms with van der Waals surface area (Å²) in [5.74, 6) is -0.677. The monoisotopic (exact) mass is 260 g/mol. The van der Waals surface area contributed by atoms with Crippen LogP contribution in [0.15, 0.2) is 0 Å². The number of rotatable bonds is 4. The summed E-state index contributed by atoms with van der Waals surface area (Å²) < 4.78 is 19.9. The van der Waals surface area contributed by atoms with Crippen molar-refractivity contribution >= 4 is 12.1 Å². The average molecular weight is 260 g/mol. The molecule has 0 saturated carbocycles. The van der Waals surface area contributed by atoms with Gasteiger partial charge in [0.05, 0.1) is 19.1 Å².